The highest BCUT2D eigenvalue weighted by atomic mass is 32.2. The molecule has 0 atom stereocenters. The summed E-state index contributed by atoms with van der Waals surface area (Å²) in [6, 6.07) is 78.1. The lowest BCUT2D eigenvalue weighted by Gasteiger charge is -2.53. The van der Waals surface area contributed by atoms with Gasteiger partial charge in [-0.1, -0.05) is 240 Å². The second kappa shape index (κ2) is 15.5. The molecule has 0 bridgehead atoms. The average molecular weight is 908 g/mol. The Morgan fingerprint density at radius 1 is 0.426 bits per heavy atom. The van der Waals surface area contributed by atoms with Gasteiger partial charge >= 0.3 is 0 Å². The summed E-state index contributed by atoms with van der Waals surface area (Å²) in [6.07, 6.45) is 0. The molecule has 0 aliphatic carbocycles. The van der Waals surface area contributed by atoms with E-state index in [4.69, 9.17) is 0 Å². The van der Waals surface area contributed by atoms with Crippen molar-refractivity contribution in [1.29, 1.82) is 0 Å². The van der Waals surface area contributed by atoms with Crippen LogP contribution in [0.1, 0.15) is 98.2 Å². The summed E-state index contributed by atoms with van der Waals surface area (Å²) in [7, 11) is -2.76. The molecular formula is C64H54BNSSi. The van der Waals surface area contributed by atoms with Crippen molar-refractivity contribution in [2.75, 3.05) is 4.90 Å². The highest BCUT2D eigenvalue weighted by molar-refractivity contribution is 8.00. The largest absolute Gasteiger partial charge is 0.310 e. The quantitative estimate of drug-likeness (QED) is 0.158. The van der Waals surface area contributed by atoms with Crippen LogP contribution in [0.25, 0.3) is 11.1 Å². The fraction of sp³-hybridized carbons (Fsp3) is 0.156. The summed E-state index contributed by atoms with van der Waals surface area (Å²) in [4.78, 5) is 5.26. The molecule has 4 heterocycles. The second-order valence-corrected chi connectivity index (χ2v) is 25.2. The van der Waals surface area contributed by atoms with Crippen LogP contribution in [-0.2, 0) is 5.41 Å². The number of para-hydroxylation sites is 2. The summed E-state index contributed by atoms with van der Waals surface area (Å²) in [5.41, 5.74) is 20.0. The van der Waals surface area contributed by atoms with Crippen molar-refractivity contribution < 1.29 is 0 Å². The van der Waals surface area contributed by atoms with E-state index in [1.165, 1.54) is 114 Å². The number of hydrogen-bond acceptors (Lipinski definition) is 2. The third-order valence-corrected chi connectivity index (χ3v) is 22.1. The standard InChI is InChI=1S/C64H54BNSSi/c1-40(2)43-37-47(41(3)4)63(48(38-43)42(5)6)65-53-27-13-16-30-57(53)67-58-39-44(35-36-54(58)65)66-55-28-14-9-23-49(55)64(50-24-10-15-29-56(50)66)51-25-11-19-33-61(51)68(62-34-20-12-26-52(62)64)59-31-17-7-21-45(59)46-22-8-18-32-60(46)68/h7-42H,1-6H3. The van der Waals surface area contributed by atoms with Gasteiger partial charge in [0.15, 0.2) is 8.07 Å². The van der Waals surface area contributed by atoms with Crippen molar-refractivity contribution in [3.63, 3.8) is 0 Å². The zero-order chi connectivity index (χ0) is 46.1. The van der Waals surface area contributed by atoms with E-state index in [1.54, 1.807) is 0 Å². The number of rotatable bonds is 5. The van der Waals surface area contributed by atoms with Crippen molar-refractivity contribution in [3.8, 4) is 11.1 Å². The minimum atomic E-state index is -2.76. The number of fused-ring (bicyclic) bond motifs is 17. The molecule has 0 saturated carbocycles. The van der Waals surface area contributed by atoms with Crippen LogP contribution in [0.3, 0.4) is 0 Å². The Morgan fingerprint density at radius 3 is 1.43 bits per heavy atom. The summed E-state index contributed by atoms with van der Waals surface area (Å²) in [5.74, 6) is 1.25. The van der Waals surface area contributed by atoms with Crippen molar-refractivity contribution in [1.82, 2.24) is 0 Å². The molecule has 9 aromatic rings. The summed E-state index contributed by atoms with van der Waals surface area (Å²) < 4.78 is 0. The van der Waals surface area contributed by atoms with Crippen LogP contribution < -0.4 is 42.0 Å². The number of anilines is 3. The van der Waals surface area contributed by atoms with E-state index in [0.29, 0.717) is 17.8 Å². The first kappa shape index (κ1) is 41.6. The van der Waals surface area contributed by atoms with Gasteiger partial charge in [0.05, 0.1) is 16.8 Å². The van der Waals surface area contributed by atoms with Gasteiger partial charge in [-0.2, -0.15) is 0 Å². The smallest absolute Gasteiger partial charge is 0.244 e. The molecule has 4 aliphatic heterocycles. The molecule has 0 saturated heterocycles. The Labute approximate surface area is 408 Å². The molecule has 0 fully saturated rings. The molecule has 0 aromatic heterocycles. The third-order valence-electron chi connectivity index (χ3n) is 16.0. The maximum Gasteiger partial charge on any atom is 0.244 e. The first-order valence-corrected chi connectivity index (χ1v) is 27.5. The fourth-order valence-corrected chi connectivity index (χ4v) is 20.1. The number of nitrogens with zero attached hydrogens (tertiary/aromatic N) is 1. The SMILES string of the molecule is CC(C)c1cc(C(C)C)c(B2c3ccccc3Sc3cc(N4c5ccccc5C5(c6ccccc64)c4ccccc4[Si]4(c6ccccc6-c6ccccc64)c4ccccc45)ccc32)c(C(C)C)c1. The zero-order valence-electron chi connectivity index (χ0n) is 39.7. The molecule has 2 spiro atoms. The van der Waals surface area contributed by atoms with Gasteiger partial charge < -0.3 is 4.90 Å². The van der Waals surface area contributed by atoms with E-state index in [9.17, 15) is 0 Å². The van der Waals surface area contributed by atoms with Gasteiger partial charge in [0.1, 0.15) is 0 Å². The van der Waals surface area contributed by atoms with Gasteiger partial charge in [-0.25, -0.2) is 0 Å². The van der Waals surface area contributed by atoms with E-state index >= 15 is 0 Å². The molecule has 1 nitrogen and oxygen atoms in total. The van der Waals surface area contributed by atoms with Crippen LogP contribution in [0.4, 0.5) is 17.1 Å². The molecule has 68 heavy (non-hydrogen) atoms. The van der Waals surface area contributed by atoms with Crippen molar-refractivity contribution in [2.45, 2.75) is 74.5 Å². The first-order valence-electron chi connectivity index (χ1n) is 24.7. The normalized spacial score (nSPS) is 15.1. The molecule has 328 valence electrons. The molecule has 0 unspecified atom stereocenters. The van der Waals surface area contributed by atoms with Crippen LogP contribution in [0.2, 0.25) is 0 Å². The lowest BCUT2D eigenvalue weighted by Crippen LogP contribution is -2.78. The summed E-state index contributed by atoms with van der Waals surface area (Å²) in [5, 5.41) is 5.98. The molecule has 0 radical (unpaired) electrons. The number of hydrogen-bond donors (Lipinski definition) is 0. The Hall–Kier alpha value is -6.59. The van der Waals surface area contributed by atoms with Crippen LogP contribution in [0.15, 0.2) is 210 Å². The first-order chi connectivity index (χ1) is 33.2. The average Bonchev–Trinajstić information content (AvgIpc) is 3.67. The van der Waals surface area contributed by atoms with E-state index in [0.717, 1.165) is 0 Å². The van der Waals surface area contributed by atoms with Gasteiger partial charge in [-0.05, 0) is 119 Å². The molecule has 4 aliphatic rings. The topological polar surface area (TPSA) is 3.24 Å². The predicted octanol–water partition coefficient (Wildman–Crippen LogP) is 11.9. The Balaban J connectivity index is 1.05. The molecule has 0 amide bonds. The minimum Gasteiger partial charge on any atom is -0.310 e. The monoisotopic (exact) mass is 907 g/mol. The van der Waals surface area contributed by atoms with Gasteiger partial charge in [-0.15, -0.1) is 0 Å². The van der Waals surface area contributed by atoms with E-state index in [2.05, 4.69) is 247 Å². The highest BCUT2D eigenvalue weighted by Crippen LogP contribution is 2.59. The predicted molar refractivity (Wildman–Crippen MR) is 293 cm³/mol. The third kappa shape index (κ3) is 5.53. The lowest BCUT2D eigenvalue weighted by atomic mass is 9.34. The summed E-state index contributed by atoms with van der Waals surface area (Å²) >= 11 is 1.94. The van der Waals surface area contributed by atoms with Gasteiger partial charge in [-0.3, -0.25) is 0 Å². The van der Waals surface area contributed by atoms with Crippen LogP contribution >= 0.6 is 11.8 Å². The zero-order valence-corrected chi connectivity index (χ0v) is 41.5. The van der Waals surface area contributed by atoms with Crippen molar-refractivity contribution in [3.05, 3.63) is 239 Å². The van der Waals surface area contributed by atoms with E-state index in [-0.39, 0.29) is 6.71 Å². The summed E-state index contributed by atoms with van der Waals surface area (Å²) in [6.45, 7) is 14.3. The highest BCUT2D eigenvalue weighted by Gasteiger charge is 2.60. The second-order valence-electron chi connectivity index (χ2n) is 20.4. The van der Waals surface area contributed by atoms with Gasteiger partial charge in [0, 0.05) is 15.5 Å². The lowest BCUT2D eigenvalue weighted by molar-refractivity contribution is 0.736. The van der Waals surface area contributed by atoms with E-state index < -0.39 is 13.5 Å². The molecular weight excluding hydrogens is 854 g/mol. The minimum absolute atomic E-state index is 0.134. The van der Waals surface area contributed by atoms with Gasteiger partial charge in [0.25, 0.3) is 0 Å². The maximum absolute atomic E-state index is 2.76. The van der Waals surface area contributed by atoms with Crippen molar-refractivity contribution >= 4 is 80.7 Å². The van der Waals surface area contributed by atoms with Crippen LogP contribution in [0, 0.1) is 0 Å². The maximum atomic E-state index is 2.58. The van der Waals surface area contributed by atoms with Gasteiger partial charge in [0.2, 0.25) is 6.71 Å². The number of benzene rings is 9. The molecule has 0 N–H and O–H groups in total. The van der Waals surface area contributed by atoms with E-state index in [1.807, 2.05) is 11.8 Å². The molecule has 9 aromatic carbocycles. The fourth-order valence-electron chi connectivity index (χ4n) is 13.2. The van der Waals surface area contributed by atoms with Crippen LogP contribution in [-0.4, -0.2) is 14.8 Å². The van der Waals surface area contributed by atoms with Crippen LogP contribution in [0.5, 0.6) is 0 Å². The Morgan fingerprint density at radius 2 is 0.882 bits per heavy atom. The molecule has 4 heteroatoms. The molecule has 13 rings (SSSR count). The Bertz CT molecular complexity index is 3360. The Kier molecular flexibility index (Phi) is 9.46. The van der Waals surface area contributed by atoms with Crippen molar-refractivity contribution in [2.24, 2.45) is 0 Å².